The predicted octanol–water partition coefficient (Wildman–Crippen LogP) is 2.83. The van der Waals surface area contributed by atoms with Crippen molar-refractivity contribution < 1.29 is 0 Å². The van der Waals surface area contributed by atoms with E-state index in [1.54, 1.807) is 18.2 Å². The van der Waals surface area contributed by atoms with E-state index < -0.39 is 0 Å². The second-order valence-electron chi connectivity index (χ2n) is 3.04. The molecule has 0 atom stereocenters. The maximum atomic E-state index is 5.61. The summed E-state index contributed by atoms with van der Waals surface area (Å²) < 4.78 is 0. The molecule has 0 aliphatic carbocycles. The van der Waals surface area contributed by atoms with Gasteiger partial charge in [-0.25, -0.2) is 0 Å². The van der Waals surface area contributed by atoms with E-state index in [4.69, 9.17) is 34.8 Å². The van der Waals surface area contributed by atoms with Gasteiger partial charge in [-0.15, -0.1) is 0 Å². The second kappa shape index (κ2) is 7.31. The molecule has 1 aromatic carbocycles. The van der Waals surface area contributed by atoms with Crippen molar-refractivity contribution in [3.8, 4) is 0 Å². The number of piperazine rings is 1. The van der Waals surface area contributed by atoms with Crippen molar-refractivity contribution in [3.05, 3.63) is 33.3 Å². The lowest BCUT2D eigenvalue weighted by Gasteiger charge is -2.11. The normalized spacial score (nSPS) is 15.4. The summed E-state index contributed by atoms with van der Waals surface area (Å²) in [6, 6.07) is 5.13. The van der Waals surface area contributed by atoms with Gasteiger partial charge in [-0.05, 0) is 12.1 Å². The highest BCUT2D eigenvalue weighted by Gasteiger charge is 1.98. The first-order valence-electron chi connectivity index (χ1n) is 4.73. The molecule has 1 aromatic rings. The molecule has 15 heavy (non-hydrogen) atoms. The quantitative estimate of drug-likeness (QED) is 0.707. The summed E-state index contributed by atoms with van der Waals surface area (Å²) >= 11 is 16.8. The van der Waals surface area contributed by atoms with Crippen LogP contribution in [0.1, 0.15) is 0 Å². The van der Waals surface area contributed by atoms with E-state index in [2.05, 4.69) is 10.6 Å². The van der Waals surface area contributed by atoms with Crippen LogP contribution in [0.2, 0.25) is 15.1 Å². The molecule has 5 heteroatoms. The van der Waals surface area contributed by atoms with Crippen LogP contribution in [0.3, 0.4) is 0 Å². The first-order chi connectivity index (χ1) is 7.22. The second-order valence-corrected chi connectivity index (χ2v) is 4.23. The molecule has 1 saturated heterocycles. The maximum Gasteiger partial charge on any atom is 0.0778 e. The van der Waals surface area contributed by atoms with Gasteiger partial charge in [0.25, 0.3) is 0 Å². The van der Waals surface area contributed by atoms with Gasteiger partial charge < -0.3 is 10.6 Å². The first-order valence-corrected chi connectivity index (χ1v) is 5.86. The third kappa shape index (κ3) is 5.05. The van der Waals surface area contributed by atoms with Gasteiger partial charge in [-0.2, -0.15) is 0 Å². The molecule has 0 radical (unpaired) electrons. The molecular formula is C10H13Cl3N2. The number of rotatable bonds is 0. The Labute approximate surface area is 105 Å². The van der Waals surface area contributed by atoms with E-state index in [0.717, 1.165) is 26.2 Å². The van der Waals surface area contributed by atoms with Crippen molar-refractivity contribution in [2.24, 2.45) is 0 Å². The zero-order valence-electron chi connectivity index (χ0n) is 8.19. The molecule has 0 amide bonds. The number of hydrogen-bond acceptors (Lipinski definition) is 2. The lowest BCUT2D eigenvalue weighted by molar-refractivity contribution is 0.534. The molecule has 2 N–H and O–H groups in total. The van der Waals surface area contributed by atoms with Gasteiger partial charge >= 0.3 is 0 Å². The largest absolute Gasteiger partial charge is 0.314 e. The van der Waals surface area contributed by atoms with Gasteiger partial charge in [0.15, 0.2) is 0 Å². The van der Waals surface area contributed by atoms with E-state index in [-0.39, 0.29) is 0 Å². The van der Waals surface area contributed by atoms with Gasteiger partial charge in [0, 0.05) is 26.2 Å². The van der Waals surface area contributed by atoms with Crippen LogP contribution in [0.15, 0.2) is 18.2 Å². The van der Waals surface area contributed by atoms with Gasteiger partial charge in [0.1, 0.15) is 0 Å². The third-order valence-electron chi connectivity index (χ3n) is 1.86. The molecular weight excluding hydrogens is 254 g/mol. The zero-order chi connectivity index (χ0) is 11.1. The molecule has 0 aromatic heterocycles. The molecule has 0 spiro atoms. The number of benzene rings is 1. The van der Waals surface area contributed by atoms with E-state index >= 15 is 0 Å². The molecule has 2 rings (SSSR count). The third-order valence-corrected chi connectivity index (χ3v) is 3.09. The Morgan fingerprint density at radius 1 is 0.800 bits per heavy atom. The van der Waals surface area contributed by atoms with Crippen molar-refractivity contribution in [2.75, 3.05) is 26.2 Å². The fraction of sp³-hybridized carbons (Fsp3) is 0.400. The summed E-state index contributed by atoms with van der Waals surface area (Å²) in [7, 11) is 0. The molecule has 1 heterocycles. The maximum absolute atomic E-state index is 5.61. The van der Waals surface area contributed by atoms with Crippen LogP contribution in [0.25, 0.3) is 0 Å². The number of halogens is 3. The van der Waals surface area contributed by atoms with Gasteiger partial charge in [-0.1, -0.05) is 40.9 Å². The number of hydrogen-bond donors (Lipinski definition) is 2. The van der Waals surface area contributed by atoms with Crippen LogP contribution in [0.5, 0.6) is 0 Å². The average molecular weight is 268 g/mol. The van der Waals surface area contributed by atoms with E-state index in [1.807, 2.05) is 0 Å². The number of nitrogens with one attached hydrogen (secondary N) is 2. The Kier molecular flexibility index (Phi) is 6.37. The van der Waals surface area contributed by atoms with Crippen molar-refractivity contribution in [3.63, 3.8) is 0 Å². The minimum Gasteiger partial charge on any atom is -0.314 e. The summed E-state index contributed by atoms with van der Waals surface area (Å²) in [5.41, 5.74) is 0. The Morgan fingerprint density at radius 3 is 1.47 bits per heavy atom. The minimum absolute atomic E-state index is 0.417. The van der Waals surface area contributed by atoms with Crippen molar-refractivity contribution >= 4 is 34.8 Å². The highest BCUT2D eigenvalue weighted by Crippen LogP contribution is 2.28. The van der Waals surface area contributed by atoms with Gasteiger partial charge in [0.2, 0.25) is 0 Å². The Bertz CT molecular complexity index is 269. The van der Waals surface area contributed by atoms with Gasteiger partial charge in [-0.3, -0.25) is 0 Å². The van der Waals surface area contributed by atoms with Crippen molar-refractivity contribution in [2.45, 2.75) is 0 Å². The summed E-state index contributed by atoms with van der Waals surface area (Å²) in [5, 5.41) is 7.84. The summed E-state index contributed by atoms with van der Waals surface area (Å²) in [6.45, 7) is 4.56. The predicted molar refractivity (Wildman–Crippen MR) is 67.2 cm³/mol. The molecule has 1 aliphatic heterocycles. The van der Waals surface area contributed by atoms with E-state index in [1.165, 1.54) is 0 Å². The zero-order valence-corrected chi connectivity index (χ0v) is 10.5. The van der Waals surface area contributed by atoms with Crippen LogP contribution >= 0.6 is 34.8 Å². The topological polar surface area (TPSA) is 24.1 Å². The Morgan fingerprint density at radius 2 is 1.20 bits per heavy atom. The lowest BCUT2D eigenvalue weighted by Crippen LogP contribution is -2.39. The Balaban J connectivity index is 0.000000162. The van der Waals surface area contributed by atoms with Crippen LogP contribution in [0, 0.1) is 0 Å². The molecule has 0 saturated carbocycles. The van der Waals surface area contributed by atoms with Crippen LogP contribution in [0.4, 0.5) is 0 Å². The standard InChI is InChI=1S/C6H3Cl3.C4H10N2/c7-4-2-1-3-5(8)6(4)9;1-2-6-4-3-5-1/h1-3H;5-6H,1-4H2. The first kappa shape index (κ1) is 13.1. The fourth-order valence-electron chi connectivity index (χ4n) is 1.08. The molecule has 0 unspecified atom stereocenters. The highest BCUT2D eigenvalue weighted by atomic mass is 35.5. The fourth-order valence-corrected chi connectivity index (χ4v) is 1.60. The van der Waals surface area contributed by atoms with Gasteiger partial charge in [0.05, 0.1) is 15.1 Å². The van der Waals surface area contributed by atoms with E-state index in [0.29, 0.717) is 15.1 Å². The average Bonchev–Trinajstić information content (AvgIpc) is 2.29. The summed E-state index contributed by atoms with van der Waals surface area (Å²) in [4.78, 5) is 0. The SMILES string of the molecule is C1CNCCN1.Clc1cccc(Cl)c1Cl. The Hall–Kier alpha value is 0.01000. The van der Waals surface area contributed by atoms with Crippen molar-refractivity contribution in [1.82, 2.24) is 10.6 Å². The molecule has 0 bridgehead atoms. The monoisotopic (exact) mass is 266 g/mol. The van der Waals surface area contributed by atoms with E-state index in [9.17, 15) is 0 Å². The molecule has 84 valence electrons. The minimum atomic E-state index is 0.417. The molecule has 1 aliphatic rings. The summed E-state index contributed by atoms with van der Waals surface area (Å²) in [5.74, 6) is 0. The van der Waals surface area contributed by atoms with Crippen LogP contribution in [-0.2, 0) is 0 Å². The lowest BCUT2D eigenvalue weighted by atomic mass is 10.4. The van der Waals surface area contributed by atoms with Crippen LogP contribution < -0.4 is 10.6 Å². The molecule has 2 nitrogen and oxygen atoms in total. The van der Waals surface area contributed by atoms with Crippen molar-refractivity contribution in [1.29, 1.82) is 0 Å². The smallest absolute Gasteiger partial charge is 0.0778 e. The highest BCUT2D eigenvalue weighted by molar-refractivity contribution is 6.47. The van der Waals surface area contributed by atoms with Crippen LogP contribution in [-0.4, -0.2) is 26.2 Å². The molecule has 1 fully saturated rings. The summed E-state index contributed by atoms with van der Waals surface area (Å²) in [6.07, 6.45) is 0.